The van der Waals surface area contributed by atoms with E-state index in [0.717, 1.165) is 34.1 Å². The normalized spacial score (nSPS) is 19.9. The van der Waals surface area contributed by atoms with Gasteiger partial charge >= 0.3 is 5.97 Å². The van der Waals surface area contributed by atoms with Crippen LogP contribution in [0.1, 0.15) is 42.5 Å². The second kappa shape index (κ2) is 10.5. The molecule has 0 saturated heterocycles. The number of rotatable bonds is 8. The molecule has 1 aliphatic carbocycles. The zero-order valence-corrected chi connectivity index (χ0v) is 21.2. The van der Waals surface area contributed by atoms with E-state index in [9.17, 15) is 14.7 Å². The average Bonchev–Trinajstić information content (AvgIpc) is 3.34. The lowest BCUT2D eigenvalue weighted by Crippen LogP contribution is -2.23. The average molecular weight is 497 g/mol. The van der Waals surface area contributed by atoms with Crippen LogP contribution in [-0.2, 0) is 27.8 Å². The van der Waals surface area contributed by atoms with Crippen LogP contribution in [0.5, 0.6) is 0 Å². The Labute approximate surface area is 216 Å². The molecule has 0 saturated carbocycles. The summed E-state index contributed by atoms with van der Waals surface area (Å²) in [5, 5.41) is 15.4. The van der Waals surface area contributed by atoms with Crippen LogP contribution >= 0.6 is 0 Å². The molecule has 5 rings (SSSR count). The molecule has 3 aromatic rings. The Bertz CT molecular complexity index is 1410. The summed E-state index contributed by atoms with van der Waals surface area (Å²) >= 11 is 0. The first-order valence-electron chi connectivity index (χ1n) is 12.8. The molecule has 6 heteroatoms. The number of benzene rings is 2. The summed E-state index contributed by atoms with van der Waals surface area (Å²) in [5.74, 6) is -0.879. The lowest BCUT2D eigenvalue weighted by Gasteiger charge is -2.21. The van der Waals surface area contributed by atoms with Crippen LogP contribution in [0.15, 0.2) is 90.2 Å². The zero-order chi connectivity index (χ0) is 25.9. The first kappa shape index (κ1) is 24.6. The van der Waals surface area contributed by atoms with Crippen LogP contribution in [0.2, 0.25) is 0 Å². The summed E-state index contributed by atoms with van der Waals surface area (Å²) in [6.07, 6.45) is 9.49. The number of nitrogens with one attached hydrogen (secondary N) is 1. The minimum atomic E-state index is -0.674. The van der Waals surface area contributed by atoms with E-state index in [-0.39, 0.29) is 17.6 Å². The van der Waals surface area contributed by atoms with Crippen LogP contribution in [-0.4, -0.2) is 34.2 Å². The van der Waals surface area contributed by atoms with E-state index in [1.165, 1.54) is 6.92 Å². The summed E-state index contributed by atoms with van der Waals surface area (Å²) in [6, 6.07) is 17.9. The van der Waals surface area contributed by atoms with Gasteiger partial charge < -0.3 is 19.7 Å². The molecule has 1 aromatic heterocycles. The van der Waals surface area contributed by atoms with Crippen molar-refractivity contribution in [3.63, 3.8) is 0 Å². The maximum absolute atomic E-state index is 13.4. The van der Waals surface area contributed by atoms with E-state index in [4.69, 9.17) is 4.74 Å². The van der Waals surface area contributed by atoms with E-state index in [1.807, 2.05) is 61.7 Å². The summed E-state index contributed by atoms with van der Waals surface area (Å²) < 4.78 is 7.89. The van der Waals surface area contributed by atoms with Gasteiger partial charge in [-0.3, -0.25) is 4.79 Å². The molecule has 1 aliphatic heterocycles. The van der Waals surface area contributed by atoms with Gasteiger partial charge in [-0.05, 0) is 42.4 Å². The Kier molecular flexibility index (Phi) is 6.99. The molecular weight excluding hydrogens is 464 g/mol. The van der Waals surface area contributed by atoms with E-state index in [2.05, 4.69) is 34.2 Å². The molecule has 2 N–H and O–H groups in total. The number of aromatic nitrogens is 1. The molecule has 0 radical (unpaired) electrons. The highest BCUT2D eigenvalue weighted by Crippen LogP contribution is 2.43. The van der Waals surface area contributed by atoms with Gasteiger partial charge in [-0.1, -0.05) is 72.8 Å². The molecule has 190 valence electrons. The van der Waals surface area contributed by atoms with Crippen LogP contribution in [0.4, 0.5) is 0 Å². The predicted octanol–water partition coefficient (Wildman–Crippen LogP) is 5.25. The number of para-hydroxylation sites is 1. The van der Waals surface area contributed by atoms with Gasteiger partial charge in [0.05, 0.1) is 11.5 Å². The number of aliphatic hydroxyl groups is 1. The predicted molar refractivity (Wildman–Crippen MR) is 144 cm³/mol. The number of hydrogen-bond acceptors (Lipinski definition) is 4. The minimum absolute atomic E-state index is 0.0138. The van der Waals surface area contributed by atoms with Gasteiger partial charge in [0, 0.05) is 37.1 Å². The maximum atomic E-state index is 13.4. The number of hydrogen-bond donors (Lipinski definition) is 2. The zero-order valence-electron chi connectivity index (χ0n) is 21.2. The molecular formula is C31H32N2O4. The molecule has 0 spiro atoms. The molecule has 6 nitrogen and oxygen atoms in total. The molecule has 2 aliphatic rings. The number of cyclic esters (lactones) is 1. The molecule has 3 unspecified atom stereocenters. The number of ether oxygens (including phenoxy) is 1. The Morgan fingerprint density at radius 1 is 1.14 bits per heavy atom. The van der Waals surface area contributed by atoms with Crippen LogP contribution in [0.25, 0.3) is 10.9 Å². The maximum Gasteiger partial charge on any atom is 0.339 e. The van der Waals surface area contributed by atoms with E-state index >= 15 is 0 Å². The molecule has 3 atom stereocenters. The second-order valence-corrected chi connectivity index (χ2v) is 9.75. The number of carbonyl (C=O) groups is 2. The van der Waals surface area contributed by atoms with Crippen molar-refractivity contribution in [2.75, 3.05) is 6.54 Å². The molecule has 0 bridgehead atoms. The SMILES string of the molecule is CC(=O)NCCc1c(C(C2=C(O)C(CC3C=CC=CC3)OC2=O)c2ccccc2)n(C)c2ccccc12. The number of allylic oxidation sites excluding steroid dienone is 4. The Balaban J connectivity index is 1.65. The summed E-state index contributed by atoms with van der Waals surface area (Å²) in [4.78, 5) is 25.0. The van der Waals surface area contributed by atoms with Crippen molar-refractivity contribution in [2.45, 2.75) is 38.2 Å². The second-order valence-electron chi connectivity index (χ2n) is 9.75. The number of carbonyl (C=O) groups excluding carboxylic acids is 2. The third kappa shape index (κ3) is 4.84. The number of fused-ring (bicyclic) bond motifs is 1. The smallest absolute Gasteiger partial charge is 0.339 e. The highest BCUT2D eigenvalue weighted by molar-refractivity contribution is 5.95. The standard InChI is InChI=1S/C31H32N2O4/c1-20(34)32-18-17-24-23-15-9-10-16-25(23)33(2)29(24)27(22-13-7-4-8-14-22)28-30(35)26(37-31(28)36)19-21-11-5-3-6-12-21/h3-11,13-16,21,26-27,35H,12,17-19H2,1-2H3,(H,32,34). The first-order chi connectivity index (χ1) is 18.0. The minimum Gasteiger partial charge on any atom is -0.508 e. The number of esters is 1. The number of aryl methyl sites for hydroxylation is 1. The van der Waals surface area contributed by atoms with Gasteiger partial charge in [0.2, 0.25) is 5.91 Å². The van der Waals surface area contributed by atoms with Crippen LogP contribution < -0.4 is 5.32 Å². The number of amides is 1. The van der Waals surface area contributed by atoms with Gasteiger partial charge in [0.25, 0.3) is 0 Å². The van der Waals surface area contributed by atoms with Gasteiger partial charge in [-0.25, -0.2) is 4.79 Å². The van der Waals surface area contributed by atoms with Crippen LogP contribution in [0, 0.1) is 5.92 Å². The van der Waals surface area contributed by atoms with E-state index in [0.29, 0.717) is 25.0 Å². The van der Waals surface area contributed by atoms with Crippen molar-refractivity contribution in [1.29, 1.82) is 0 Å². The summed E-state index contributed by atoms with van der Waals surface area (Å²) in [6.45, 7) is 1.98. The van der Waals surface area contributed by atoms with E-state index in [1.54, 1.807) is 0 Å². The largest absolute Gasteiger partial charge is 0.508 e. The first-order valence-corrected chi connectivity index (χ1v) is 12.8. The van der Waals surface area contributed by atoms with Crippen molar-refractivity contribution >= 4 is 22.8 Å². The molecule has 0 fully saturated rings. The van der Waals surface area contributed by atoms with Gasteiger partial charge in [-0.2, -0.15) is 0 Å². The van der Waals surface area contributed by atoms with Crippen molar-refractivity contribution in [3.8, 4) is 0 Å². The van der Waals surface area contributed by atoms with Crippen molar-refractivity contribution in [3.05, 3.63) is 107 Å². The summed E-state index contributed by atoms with van der Waals surface area (Å²) in [7, 11) is 1.99. The van der Waals surface area contributed by atoms with Crippen molar-refractivity contribution in [2.24, 2.45) is 13.0 Å². The van der Waals surface area contributed by atoms with Gasteiger partial charge in [0.15, 0.2) is 6.10 Å². The topological polar surface area (TPSA) is 80.6 Å². The quantitative estimate of drug-likeness (QED) is 0.418. The third-order valence-electron chi connectivity index (χ3n) is 7.34. The molecule has 37 heavy (non-hydrogen) atoms. The lowest BCUT2D eigenvalue weighted by molar-refractivity contribution is -0.140. The Morgan fingerprint density at radius 3 is 2.62 bits per heavy atom. The van der Waals surface area contributed by atoms with Crippen molar-refractivity contribution in [1.82, 2.24) is 9.88 Å². The van der Waals surface area contributed by atoms with E-state index < -0.39 is 18.0 Å². The molecule has 1 amide bonds. The highest BCUT2D eigenvalue weighted by atomic mass is 16.6. The van der Waals surface area contributed by atoms with Crippen LogP contribution in [0.3, 0.4) is 0 Å². The number of nitrogens with zero attached hydrogens (tertiary/aromatic N) is 1. The fourth-order valence-electron chi connectivity index (χ4n) is 5.63. The lowest BCUT2D eigenvalue weighted by atomic mass is 9.84. The monoisotopic (exact) mass is 496 g/mol. The summed E-state index contributed by atoms with van der Waals surface area (Å²) in [5.41, 5.74) is 4.17. The Morgan fingerprint density at radius 2 is 1.89 bits per heavy atom. The third-order valence-corrected chi connectivity index (χ3v) is 7.34. The molecule has 2 heterocycles. The fraction of sp³-hybridized carbons (Fsp3) is 0.290. The fourth-order valence-corrected chi connectivity index (χ4v) is 5.63. The van der Waals surface area contributed by atoms with Crippen molar-refractivity contribution < 1.29 is 19.4 Å². The van der Waals surface area contributed by atoms with Gasteiger partial charge in [0.1, 0.15) is 5.76 Å². The molecule has 2 aromatic carbocycles. The number of aliphatic hydroxyl groups excluding tert-OH is 1. The highest BCUT2D eigenvalue weighted by Gasteiger charge is 2.42. The Hall–Kier alpha value is -4.06. The van der Waals surface area contributed by atoms with Gasteiger partial charge in [-0.15, -0.1) is 0 Å².